The Morgan fingerprint density at radius 1 is 1.04 bits per heavy atom. The lowest BCUT2D eigenvalue weighted by Crippen LogP contribution is -1.99. The van der Waals surface area contributed by atoms with Crippen molar-refractivity contribution in [2.45, 2.75) is 0 Å². The maximum absolute atomic E-state index is 6.03. The number of aromatic amines is 1. The predicted molar refractivity (Wildman–Crippen MR) is 98.5 cm³/mol. The molecule has 7 heteroatoms. The zero-order chi connectivity index (χ0) is 17.4. The molecule has 2 aromatic heterocycles. The monoisotopic (exact) mass is 351 g/mol. The molecule has 0 spiro atoms. The molecule has 0 aliphatic heterocycles. The van der Waals surface area contributed by atoms with Gasteiger partial charge in [-0.25, -0.2) is 9.97 Å². The van der Waals surface area contributed by atoms with Crippen molar-refractivity contribution in [1.82, 2.24) is 20.2 Å². The van der Waals surface area contributed by atoms with Gasteiger partial charge < -0.3 is 10.5 Å². The second-order valence-corrected chi connectivity index (χ2v) is 5.93. The lowest BCUT2D eigenvalue weighted by Gasteiger charge is -2.07. The second-order valence-electron chi connectivity index (χ2n) is 5.49. The zero-order valence-electron chi connectivity index (χ0n) is 13.3. The second kappa shape index (κ2) is 6.07. The summed E-state index contributed by atoms with van der Waals surface area (Å²) >= 11 is 6.03. The Morgan fingerprint density at radius 3 is 2.72 bits per heavy atom. The van der Waals surface area contributed by atoms with Gasteiger partial charge in [0.25, 0.3) is 0 Å². The molecule has 0 amide bonds. The number of halogens is 1. The minimum atomic E-state index is 0.181. The van der Waals surface area contributed by atoms with Crippen LogP contribution in [0.25, 0.3) is 33.5 Å². The highest BCUT2D eigenvalue weighted by molar-refractivity contribution is 6.31. The van der Waals surface area contributed by atoms with Crippen LogP contribution in [0.2, 0.25) is 5.02 Å². The molecule has 0 unspecified atom stereocenters. The highest BCUT2D eigenvalue weighted by Crippen LogP contribution is 2.30. The summed E-state index contributed by atoms with van der Waals surface area (Å²) in [6.45, 7) is 0. The maximum Gasteiger partial charge on any atom is 0.221 e. The van der Waals surface area contributed by atoms with Crippen molar-refractivity contribution in [3.05, 3.63) is 53.6 Å². The largest absolute Gasteiger partial charge is 0.497 e. The van der Waals surface area contributed by atoms with E-state index in [0.717, 1.165) is 22.2 Å². The molecule has 0 saturated carbocycles. The number of methoxy groups -OCH3 is 1. The first-order valence-electron chi connectivity index (χ1n) is 7.57. The van der Waals surface area contributed by atoms with Crippen LogP contribution < -0.4 is 10.5 Å². The molecular formula is C18H14ClN5O. The van der Waals surface area contributed by atoms with Gasteiger partial charge in [-0.1, -0.05) is 23.7 Å². The number of hydrogen-bond donors (Lipinski definition) is 2. The standard InChI is InChI=1S/C18H14ClN5O/c1-25-12-4-2-3-10(7-12)14-9-16(22-18(20)21-14)17-13-6-5-11(19)8-15(13)23-24-17/h2-9H,1H3,(H,23,24)(H2,20,21,22). The third-order valence-electron chi connectivity index (χ3n) is 3.88. The van der Waals surface area contributed by atoms with Crippen LogP contribution >= 0.6 is 11.6 Å². The first-order valence-corrected chi connectivity index (χ1v) is 7.95. The Labute approximate surface area is 148 Å². The van der Waals surface area contributed by atoms with Crippen LogP contribution in [0.15, 0.2) is 48.5 Å². The van der Waals surface area contributed by atoms with Crippen molar-refractivity contribution in [2.24, 2.45) is 0 Å². The molecule has 6 nitrogen and oxygen atoms in total. The smallest absolute Gasteiger partial charge is 0.221 e. The van der Waals surface area contributed by atoms with Gasteiger partial charge >= 0.3 is 0 Å². The number of ether oxygens (including phenoxy) is 1. The Bertz CT molecular complexity index is 1080. The van der Waals surface area contributed by atoms with E-state index in [9.17, 15) is 0 Å². The summed E-state index contributed by atoms with van der Waals surface area (Å²) in [4.78, 5) is 8.67. The van der Waals surface area contributed by atoms with Crippen LogP contribution in [0.3, 0.4) is 0 Å². The number of H-pyrrole nitrogens is 1. The van der Waals surface area contributed by atoms with Crippen molar-refractivity contribution >= 4 is 28.5 Å². The Balaban J connectivity index is 1.86. The minimum absolute atomic E-state index is 0.181. The number of benzene rings is 2. The first kappa shape index (κ1) is 15.4. The predicted octanol–water partition coefficient (Wildman–Crippen LogP) is 3.93. The van der Waals surface area contributed by atoms with E-state index in [1.807, 2.05) is 48.5 Å². The molecule has 2 aromatic carbocycles. The van der Waals surface area contributed by atoms with E-state index in [1.165, 1.54) is 0 Å². The molecule has 124 valence electrons. The molecule has 0 saturated heterocycles. The van der Waals surface area contributed by atoms with Crippen LogP contribution in [0.5, 0.6) is 5.75 Å². The quantitative estimate of drug-likeness (QED) is 0.583. The number of aromatic nitrogens is 4. The van der Waals surface area contributed by atoms with Crippen LogP contribution in [0.1, 0.15) is 0 Å². The number of fused-ring (bicyclic) bond motifs is 1. The molecule has 0 fully saturated rings. The van der Waals surface area contributed by atoms with Gasteiger partial charge in [-0.15, -0.1) is 0 Å². The minimum Gasteiger partial charge on any atom is -0.497 e. The number of nitrogens with one attached hydrogen (secondary N) is 1. The normalized spacial score (nSPS) is 11.0. The van der Waals surface area contributed by atoms with Gasteiger partial charge in [0.15, 0.2) is 0 Å². The van der Waals surface area contributed by atoms with Crippen LogP contribution in [-0.4, -0.2) is 27.3 Å². The number of nitrogen functional groups attached to an aromatic ring is 1. The molecule has 0 atom stereocenters. The summed E-state index contributed by atoms with van der Waals surface area (Å²) in [5.74, 6) is 0.927. The highest BCUT2D eigenvalue weighted by Gasteiger charge is 2.13. The van der Waals surface area contributed by atoms with Crippen LogP contribution in [-0.2, 0) is 0 Å². The van der Waals surface area contributed by atoms with E-state index in [2.05, 4.69) is 20.2 Å². The summed E-state index contributed by atoms with van der Waals surface area (Å²) < 4.78 is 5.27. The summed E-state index contributed by atoms with van der Waals surface area (Å²) in [6, 6.07) is 15.0. The van der Waals surface area contributed by atoms with E-state index in [4.69, 9.17) is 22.1 Å². The first-order chi connectivity index (χ1) is 12.1. The van der Waals surface area contributed by atoms with E-state index >= 15 is 0 Å². The number of nitrogens with two attached hydrogens (primary N) is 1. The SMILES string of the molecule is COc1cccc(-c2cc(-c3n[nH]c4cc(Cl)ccc34)nc(N)n2)c1. The Hall–Kier alpha value is -3.12. The third-order valence-corrected chi connectivity index (χ3v) is 4.11. The zero-order valence-corrected chi connectivity index (χ0v) is 14.1. The molecule has 4 rings (SSSR count). The topological polar surface area (TPSA) is 89.7 Å². The maximum atomic E-state index is 6.03. The number of rotatable bonds is 3. The fourth-order valence-electron chi connectivity index (χ4n) is 2.70. The average Bonchev–Trinajstić information content (AvgIpc) is 3.04. The van der Waals surface area contributed by atoms with Crippen molar-refractivity contribution in [2.75, 3.05) is 12.8 Å². The van der Waals surface area contributed by atoms with E-state index in [-0.39, 0.29) is 5.95 Å². The summed E-state index contributed by atoms with van der Waals surface area (Å²) in [5.41, 5.74) is 9.69. The molecule has 0 aliphatic rings. The number of anilines is 1. The Kier molecular flexibility index (Phi) is 3.74. The lowest BCUT2D eigenvalue weighted by atomic mass is 10.1. The fourth-order valence-corrected chi connectivity index (χ4v) is 2.88. The number of hydrogen-bond acceptors (Lipinski definition) is 5. The number of nitrogens with zero attached hydrogens (tertiary/aromatic N) is 3. The van der Waals surface area contributed by atoms with Gasteiger partial charge in [-0.3, -0.25) is 5.10 Å². The van der Waals surface area contributed by atoms with Gasteiger partial charge in [-0.05, 0) is 36.4 Å². The van der Waals surface area contributed by atoms with Gasteiger partial charge in [0.1, 0.15) is 11.4 Å². The van der Waals surface area contributed by atoms with Gasteiger partial charge in [-0.2, -0.15) is 5.10 Å². The molecule has 25 heavy (non-hydrogen) atoms. The molecule has 0 bridgehead atoms. The van der Waals surface area contributed by atoms with E-state index < -0.39 is 0 Å². The Morgan fingerprint density at radius 2 is 1.88 bits per heavy atom. The summed E-state index contributed by atoms with van der Waals surface area (Å²) in [5, 5.41) is 8.89. The molecule has 2 heterocycles. The van der Waals surface area contributed by atoms with Crippen LogP contribution in [0.4, 0.5) is 5.95 Å². The summed E-state index contributed by atoms with van der Waals surface area (Å²) in [7, 11) is 1.62. The fraction of sp³-hybridized carbons (Fsp3) is 0.0556. The van der Waals surface area contributed by atoms with Crippen molar-refractivity contribution in [1.29, 1.82) is 0 Å². The van der Waals surface area contributed by atoms with Gasteiger partial charge in [0.2, 0.25) is 5.95 Å². The highest BCUT2D eigenvalue weighted by atomic mass is 35.5. The van der Waals surface area contributed by atoms with Crippen LogP contribution in [0, 0.1) is 0 Å². The third kappa shape index (κ3) is 2.88. The van der Waals surface area contributed by atoms with Crippen molar-refractivity contribution in [3.63, 3.8) is 0 Å². The molecule has 0 aliphatic carbocycles. The van der Waals surface area contributed by atoms with Crippen molar-refractivity contribution in [3.8, 4) is 28.4 Å². The molecule has 4 aromatic rings. The van der Waals surface area contributed by atoms with E-state index in [0.29, 0.717) is 22.1 Å². The van der Waals surface area contributed by atoms with Crippen molar-refractivity contribution < 1.29 is 4.74 Å². The lowest BCUT2D eigenvalue weighted by molar-refractivity contribution is 0.415. The molecular weight excluding hydrogens is 338 g/mol. The summed E-state index contributed by atoms with van der Waals surface area (Å²) in [6.07, 6.45) is 0. The average molecular weight is 352 g/mol. The molecule has 3 N–H and O–H groups in total. The molecule has 0 radical (unpaired) electrons. The van der Waals surface area contributed by atoms with Gasteiger partial charge in [0.05, 0.1) is 24.0 Å². The van der Waals surface area contributed by atoms with Gasteiger partial charge in [0, 0.05) is 16.0 Å². The van der Waals surface area contributed by atoms with E-state index in [1.54, 1.807) is 7.11 Å².